The Morgan fingerprint density at radius 2 is 1.06 bits per heavy atom. The van der Waals surface area contributed by atoms with Crippen LogP contribution in [0.5, 0.6) is 0 Å². The molecule has 2 atom stereocenters. The van der Waals surface area contributed by atoms with Gasteiger partial charge in [0.05, 0.1) is 36.7 Å². The Labute approximate surface area is 118 Å². The van der Waals surface area contributed by atoms with Crippen LogP contribution >= 0.6 is 0 Å². The first-order chi connectivity index (χ1) is 7.56. The second-order valence-electron chi connectivity index (χ2n) is 2.52. The molecule has 0 saturated heterocycles. The van der Waals surface area contributed by atoms with Crippen molar-refractivity contribution in [3.8, 4) is 0 Å². The molecule has 3 N–H and O–H groups in total. The predicted molar refractivity (Wildman–Crippen MR) is 45.5 cm³/mol. The number of aliphatic hydroxyl groups is 3. The molecule has 0 saturated carbocycles. The van der Waals surface area contributed by atoms with E-state index in [-0.39, 0.29) is 21.7 Å². The standard InChI is InChI=1S/2C3H6O3.C2H4O3.Ti/c2*1-2(4)3(5)6;3-1-2(4)5;/h2*2,4H,1H3,(H,5,6);3H,1H2,(H,4,5);/q;;;+3/p-3. The Balaban J connectivity index is -0.0000000799. The Morgan fingerprint density at radius 1 is 0.944 bits per heavy atom. The van der Waals surface area contributed by atoms with Crippen molar-refractivity contribution in [2.75, 3.05) is 6.61 Å². The minimum Gasteiger partial charge on any atom is -0.548 e. The Kier molecular flexibility index (Phi) is 22.9. The van der Waals surface area contributed by atoms with E-state index in [1.54, 1.807) is 0 Å². The molecule has 10 heteroatoms. The molecule has 0 bridgehead atoms. The van der Waals surface area contributed by atoms with Crippen molar-refractivity contribution >= 4 is 17.9 Å². The van der Waals surface area contributed by atoms with E-state index in [0.29, 0.717) is 0 Å². The normalized spacial score (nSPS) is 11.2. The number of hydrogen-bond donors (Lipinski definition) is 3. The third-order valence-corrected chi connectivity index (χ3v) is 0.811. The fraction of sp³-hybridized carbons (Fsp3) is 0.625. The van der Waals surface area contributed by atoms with Gasteiger partial charge in [-0.3, -0.25) is 0 Å². The summed E-state index contributed by atoms with van der Waals surface area (Å²) < 4.78 is 0. The van der Waals surface area contributed by atoms with Crippen LogP contribution in [0, 0.1) is 0 Å². The van der Waals surface area contributed by atoms with E-state index < -0.39 is 36.7 Å². The molecule has 0 amide bonds. The van der Waals surface area contributed by atoms with Gasteiger partial charge >= 0.3 is 21.7 Å². The quantitative estimate of drug-likeness (QED) is 0.427. The molecule has 0 aromatic carbocycles. The van der Waals surface area contributed by atoms with Gasteiger partial charge in [0.2, 0.25) is 0 Å². The van der Waals surface area contributed by atoms with E-state index in [4.69, 9.17) is 25.2 Å². The minimum atomic E-state index is -1.44. The second-order valence-corrected chi connectivity index (χ2v) is 2.52. The summed E-state index contributed by atoms with van der Waals surface area (Å²) in [5.74, 6) is -4.31. The summed E-state index contributed by atoms with van der Waals surface area (Å²) >= 11 is 0. The fourth-order valence-electron chi connectivity index (χ4n) is 0. The number of rotatable bonds is 3. The van der Waals surface area contributed by atoms with Crippen molar-refractivity contribution in [2.24, 2.45) is 0 Å². The maximum absolute atomic E-state index is 9.34. The molecule has 0 aromatic heterocycles. The van der Waals surface area contributed by atoms with Crippen LogP contribution in [0.15, 0.2) is 0 Å². The first-order valence-electron chi connectivity index (χ1n) is 4.14. The van der Waals surface area contributed by atoms with Crippen molar-refractivity contribution < 1.29 is 66.7 Å². The van der Waals surface area contributed by atoms with Gasteiger partial charge in [-0.05, 0) is 13.8 Å². The Bertz CT molecular complexity index is 221. The summed E-state index contributed by atoms with van der Waals surface area (Å²) in [6, 6.07) is 0. The zero-order chi connectivity index (χ0) is 14.6. The summed E-state index contributed by atoms with van der Waals surface area (Å²) in [5.41, 5.74) is 0. The molecule has 18 heavy (non-hydrogen) atoms. The third-order valence-electron chi connectivity index (χ3n) is 0.811. The zero-order valence-electron chi connectivity index (χ0n) is 9.65. The van der Waals surface area contributed by atoms with Gasteiger partial charge in [-0.1, -0.05) is 0 Å². The number of aliphatic carboxylic acids is 3. The number of carboxylic acids is 3. The summed E-state index contributed by atoms with van der Waals surface area (Å²) in [6.45, 7) is 1.38. The van der Waals surface area contributed by atoms with Gasteiger partial charge in [0, 0.05) is 0 Å². The van der Waals surface area contributed by atoms with Crippen LogP contribution < -0.4 is 15.3 Å². The molecule has 0 heterocycles. The van der Waals surface area contributed by atoms with Crippen molar-refractivity contribution in [1.29, 1.82) is 0 Å². The number of carbonyl (C=O) groups is 3. The maximum Gasteiger partial charge on any atom is 3.00 e. The van der Waals surface area contributed by atoms with Gasteiger partial charge < -0.3 is 45.0 Å². The molecule has 0 aliphatic heterocycles. The molecule has 0 aromatic rings. The number of carboxylic acid groups (broad SMARTS) is 3. The largest absolute Gasteiger partial charge is 3.00 e. The van der Waals surface area contributed by atoms with Crippen molar-refractivity contribution in [2.45, 2.75) is 26.1 Å². The molecular weight excluding hydrogens is 288 g/mol. The van der Waals surface area contributed by atoms with Gasteiger partial charge in [0.25, 0.3) is 0 Å². The van der Waals surface area contributed by atoms with Crippen LogP contribution in [0.4, 0.5) is 0 Å². The van der Waals surface area contributed by atoms with Gasteiger partial charge in [-0.15, -0.1) is 0 Å². The van der Waals surface area contributed by atoms with Crippen LogP contribution in [0.25, 0.3) is 0 Å². The fourth-order valence-corrected chi connectivity index (χ4v) is 0. The van der Waals surface area contributed by atoms with Crippen LogP contribution in [0.2, 0.25) is 0 Å². The predicted octanol–water partition coefficient (Wildman–Crippen LogP) is -6.04. The summed E-state index contributed by atoms with van der Waals surface area (Å²) in [4.78, 5) is 27.7. The van der Waals surface area contributed by atoms with Crippen LogP contribution in [0.3, 0.4) is 0 Å². The molecule has 1 radical (unpaired) electrons. The van der Waals surface area contributed by atoms with E-state index in [0.717, 1.165) is 13.8 Å². The molecule has 2 unspecified atom stereocenters. The van der Waals surface area contributed by atoms with E-state index in [1.165, 1.54) is 0 Å². The molecule has 0 spiro atoms. The zero-order valence-corrected chi connectivity index (χ0v) is 11.2. The molecule has 9 nitrogen and oxygen atoms in total. The number of carbonyl (C=O) groups excluding carboxylic acids is 3. The minimum absolute atomic E-state index is 0. The first-order valence-corrected chi connectivity index (χ1v) is 4.14. The van der Waals surface area contributed by atoms with Crippen LogP contribution in [-0.4, -0.2) is 52.0 Å². The van der Waals surface area contributed by atoms with E-state index in [9.17, 15) is 19.8 Å². The van der Waals surface area contributed by atoms with Crippen LogP contribution in [-0.2, 0) is 36.1 Å². The van der Waals surface area contributed by atoms with Gasteiger partial charge in [-0.2, -0.15) is 0 Å². The summed E-state index contributed by atoms with van der Waals surface area (Å²) in [7, 11) is 0. The second kappa shape index (κ2) is 16.0. The first kappa shape index (κ1) is 25.8. The monoisotopic (exact) mass is 301 g/mol. The Morgan fingerprint density at radius 3 is 1.06 bits per heavy atom. The molecule has 0 fully saturated rings. The van der Waals surface area contributed by atoms with Crippen molar-refractivity contribution in [3.63, 3.8) is 0 Å². The SMILES string of the molecule is CC(O)C(=O)[O-].CC(O)C(=O)[O-].O=C([O-])CO.[Ti+3]. The average molecular weight is 301 g/mol. The average Bonchev–Trinajstić information content (AvgIpc) is 2.19. The smallest absolute Gasteiger partial charge is 0.548 e. The third kappa shape index (κ3) is 36.3. The van der Waals surface area contributed by atoms with Crippen LogP contribution in [0.1, 0.15) is 13.8 Å². The van der Waals surface area contributed by atoms with Crippen molar-refractivity contribution in [3.05, 3.63) is 0 Å². The van der Waals surface area contributed by atoms with Crippen molar-refractivity contribution in [1.82, 2.24) is 0 Å². The van der Waals surface area contributed by atoms with E-state index in [1.807, 2.05) is 0 Å². The number of hydrogen-bond acceptors (Lipinski definition) is 9. The Hall–Kier alpha value is -0.996. The van der Waals surface area contributed by atoms with Gasteiger partial charge in [0.1, 0.15) is 0 Å². The molecular formula is C8H13O9Ti. The number of aliphatic hydroxyl groups excluding tert-OH is 3. The molecule has 0 aliphatic rings. The maximum atomic E-state index is 9.34. The topological polar surface area (TPSA) is 181 Å². The van der Waals surface area contributed by atoms with E-state index >= 15 is 0 Å². The molecule has 0 aliphatic carbocycles. The van der Waals surface area contributed by atoms with E-state index in [2.05, 4.69) is 0 Å². The van der Waals surface area contributed by atoms with Gasteiger partial charge in [-0.25, -0.2) is 0 Å². The molecule has 103 valence electrons. The molecule has 0 rings (SSSR count). The summed E-state index contributed by atoms with van der Waals surface area (Å²) in [5, 5.41) is 51.1. The summed E-state index contributed by atoms with van der Waals surface area (Å²) in [6.07, 6.45) is -2.69. The van der Waals surface area contributed by atoms with Gasteiger partial charge in [0.15, 0.2) is 0 Å².